The predicted octanol–water partition coefficient (Wildman–Crippen LogP) is 2.09. The van der Waals surface area contributed by atoms with Gasteiger partial charge in [0, 0.05) is 10.5 Å². The fourth-order valence-electron chi connectivity index (χ4n) is 1.31. The molecule has 100 valence electrons. The average molecular weight is 255 g/mol. The highest BCUT2D eigenvalue weighted by Gasteiger charge is 2.46. The van der Waals surface area contributed by atoms with Crippen molar-refractivity contribution >= 4 is 11.9 Å². The van der Waals surface area contributed by atoms with Crippen molar-refractivity contribution in [3.8, 4) is 11.8 Å². The second-order valence-corrected chi connectivity index (χ2v) is 3.37. The van der Waals surface area contributed by atoms with E-state index in [-0.39, 0.29) is 19.6 Å². The molecule has 0 aliphatic rings. The molecule has 0 unspecified atom stereocenters. The highest BCUT2D eigenvalue weighted by atomic mass is 16.6. The van der Waals surface area contributed by atoms with Crippen molar-refractivity contribution in [1.29, 1.82) is 0 Å². The Morgan fingerprint density at radius 2 is 1.83 bits per heavy atom. The topological polar surface area (TPSA) is 52.6 Å². The van der Waals surface area contributed by atoms with Crippen LogP contribution in [0.25, 0.3) is 0 Å². The summed E-state index contributed by atoms with van der Waals surface area (Å²) in [5, 5.41) is 0. The fourth-order valence-corrected chi connectivity index (χ4v) is 1.31. The zero-order valence-electron chi connectivity index (χ0n) is 13.9. The molecule has 0 heterocycles. The van der Waals surface area contributed by atoms with Crippen molar-refractivity contribution in [2.75, 3.05) is 13.2 Å². The van der Waals surface area contributed by atoms with E-state index in [0.29, 0.717) is 0 Å². The summed E-state index contributed by atoms with van der Waals surface area (Å²) in [6.45, 7) is 2.39. The van der Waals surface area contributed by atoms with Crippen LogP contribution in [-0.2, 0) is 19.1 Å². The highest BCUT2D eigenvalue weighted by molar-refractivity contribution is 6.03. The third-order valence-corrected chi connectivity index (χ3v) is 2.18. The molecule has 0 fully saturated rings. The maximum Gasteiger partial charge on any atom is 0.336 e. The molecule has 18 heavy (non-hydrogen) atoms. The van der Waals surface area contributed by atoms with Crippen LogP contribution in [0.5, 0.6) is 0 Å². The standard InChI is InChI=1S/C14H20O4/c1-5-9-11-14(10-6-2,12(15)17-7-3)13(16)18-8-4/h5,9H,7-8,11H2,1-4H3/b9-5+/i2D3. The molecule has 0 saturated carbocycles. The molecule has 4 heteroatoms. The minimum Gasteiger partial charge on any atom is -0.464 e. The number of rotatable bonds is 6. The molecule has 0 aromatic carbocycles. The first-order valence-electron chi connectivity index (χ1n) is 7.23. The first-order valence-corrected chi connectivity index (χ1v) is 5.73. The molecule has 4 nitrogen and oxygen atoms in total. The van der Waals surface area contributed by atoms with Gasteiger partial charge in [-0.3, -0.25) is 0 Å². The summed E-state index contributed by atoms with van der Waals surface area (Å²) >= 11 is 0. The van der Waals surface area contributed by atoms with Crippen LogP contribution in [0.2, 0.25) is 0 Å². The van der Waals surface area contributed by atoms with E-state index in [1.165, 1.54) is 0 Å². The number of allylic oxidation sites excluding steroid dienone is 2. The van der Waals surface area contributed by atoms with Gasteiger partial charge in [0.1, 0.15) is 0 Å². The largest absolute Gasteiger partial charge is 0.464 e. The van der Waals surface area contributed by atoms with Gasteiger partial charge in [-0.25, -0.2) is 9.59 Å². The first-order chi connectivity index (χ1) is 9.73. The Morgan fingerprint density at radius 1 is 1.28 bits per heavy atom. The Balaban J connectivity index is 5.87. The minimum absolute atomic E-state index is 0.0469. The third-order valence-electron chi connectivity index (χ3n) is 2.18. The van der Waals surface area contributed by atoms with E-state index in [9.17, 15) is 9.59 Å². The highest BCUT2D eigenvalue weighted by Crippen LogP contribution is 2.26. The molecule has 0 radical (unpaired) electrons. The lowest BCUT2D eigenvalue weighted by Crippen LogP contribution is -2.40. The fraction of sp³-hybridized carbons (Fsp3) is 0.571. The van der Waals surface area contributed by atoms with Crippen LogP contribution in [0, 0.1) is 17.3 Å². The molecule has 0 atom stereocenters. The maximum atomic E-state index is 12.2. The Hall–Kier alpha value is -1.76. The van der Waals surface area contributed by atoms with E-state index in [2.05, 4.69) is 5.92 Å². The summed E-state index contributed by atoms with van der Waals surface area (Å²) in [5.41, 5.74) is -1.95. The van der Waals surface area contributed by atoms with E-state index in [4.69, 9.17) is 13.6 Å². The van der Waals surface area contributed by atoms with Crippen molar-refractivity contribution in [3.05, 3.63) is 12.2 Å². The normalized spacial score (nSPS) is 13.8. The maximum absolute atomic E-state index is 12.2. The number of hydrogen-bond donors (Lipinski definition) is 0. The quantitative estimate of drug-likeness (QED) is 0.315. The molecule has 0 rings (SSSR count). The van der Waals surface area contributed by atoms with Gasteiger partial charge in [-0.2, -0.15) is 0 Å². The molecular formula is C14H20O4. The van der Waals surface area contributed by atoms with Crippen LogP contribution in [0.1, 0.15) is 38.2 Å². The Bertz CT molecular complexity index is 437. The van der Waals surface area contributed by atoms with Crippen LogP contribution >= 0.6 is 0 Å². The zero-order valence-corrected chi connectivity index (χ0v) is 10.9. The third kappa shape index (κ3) is 3.92. The van der Waals surface area contributed by atoms with Crippen LogP contribution in [-0.4, -0.2) is 25.2 Å². The Labute approximate surface area is 113 Å². The van der Waals surface area contributed by atoms with Crippen LogP contribution in [0.3, 0.4) is 0 Å². The lowest BCUT2D eigenvalue weighted by Gasteiger charge is -2.22. The molecule has 0 aliphatic carbocycles. The molecule has 0 aliphatic heterocycles. The smallest absolute Gasteiger partial charge is 0.336 e. The number of esters is 2. The molecular weight excluding hydrogens is 232 g/mol. The molecule has 0 N–H and O–H groups in total. The average Bonchev–Trinajstić information content (AvgIpc) is 2.38. The van der Waals surface area contributed by atoms with Gasteiger partial charge in [-0.15, -0.1) is 5.92 Å². The number of ether oxygens (including phenoxy) is 2. The summed E-state index contributed by atoms with van der Waals surface area (Å²) in [5.74, 6) is 2.42. The summed E-state index contributed by atoms with van der Waals surface area (Å²) in [7, 11) is 0. The molecule has 0 saturated heterocycles. The van der Waals surface area contributed by atoms with E-state index in [0.717, 1.165) is 0 Å². The van der Waals surface area contributed by atoms with Gasteiger partial charge in [-0.05, 0) is 27.6 Å². The monoisotopic (exact) mass is 255 g/mol. The summed E-state index contributed by atoms with van der Waals surface area (Å²) in [4.78, 5) is 24.3. The van der Waals surface area contributed by atoms with Gasteiger partial charge in [0.05, 0.1) is 13.2 Å². The number of hydrogen-bond acceptors (Lipinski definition) is 4. The summed E-state index contributed by atoms with van der Waals surface area (Å²) < 4.78 is 31.1. The van der Waals surface area contributed by atoms with E-state index in [1.54, 1.807) is 32.9 Å². The first kappa shape index (κ1) is 11.3. The zero-order chi connectivity index (χ0) is 16.5. The van der Waals surface area contributed by atoms with Gasteiger partial charge < -0.3 is 9.47 Å². The Morgan fingerprint density at radius 3 is 2.22 bits per heavy atom. The van der Waals surface area contributed by atoms with Crippen molar-refractivity contribution < 1.29 is 23.2 Å². The van der Waals surface area contributed by atoms with Gasteiger partial charge in [-0.1, -0.05) is 18.1 Å². The van der Waals surface area contributed by atoms with Crippen molar-refractivity contribution in [3.63, 3.8) is 0 Å². The second-order valence-electron chi connectivity index (χ2n) is 3.37. The van der Waals surface area contributed by atoms with Gasteiger partial charge >= 0.3 is 11.9 Å². The number of carbonyl (C=O) groups is 2. The minimum atomic E-state index is -2.58. The molecule has 0 spiro atoms. The number of carbonyl (C=O) groups excluding carboxylic acids is 2. The lowest BCUT2D eigenvalue weighted by atomic mass is 9.84. The van der Waals surface area contributed by atoms with E-state index >= 15 is 0 Å². The van der Waals surface area contributed by atoms with Crippen LogP contribution in [0.4, 0.5) is 0 Å². The van der Waals surface area contributed by atoms with Crippen molar-refractivity contribution in [1.82, 2.24) is 0 Å². The summed E-state index contributed by atoms with van der Waals surface area (Å²) in [6, 6.07) is 0. The molecule has 0 aromatic rings. The van der Waals surface area contributed by atoms with Crippen molar-refractivity contribution in [2.24, 2.45) is 5.41 Å². The lowest BCUT2D eigenvalue weighted by molar-refractivity contribution is -0.167. The SMILES string of the molecule is [2H]C([2H])([2H])C#CC(C/C=C/C)(C(=O)OCC)C(=O)OCC. The second kappa shape index (κ2) is 8.35. The molecule has 0 amide bonds. The Kier molecular flexibility index (Phi) is 5.26. The van der Waals surface area contributed by atoms with Gasteiger partial charge in [0.25, 0.3) is 0 Å². The van der Waals surface area contributed by atoms with Crippen LogP contribution < -0.4 is 0 Å². The van der Waals surface area contributed by atoms with Crippen LogP contribution in [0.15, 0.2) is 12.2 Å². The van der Waals surface area contributed by atoms with E-state index in [1.807, 2.05) is 5.92 Å². The predicted molar refractivity (Wildman–Crippen MR) is 68.6 cm³/mol. The van der Waals surface area contributed by atoms with Gasteiger partial charge in [0.15, 0.2) is 0 Å². The van der Waals surface area contributed by atoms with E-state index < -0.39 is 24.2 Å². The molecule has 0 aromatic heterocycles. The van der Waals surface area contributed by atoms with Gasteiger partial charge in [0.2, 0.25) is 5.41 Å². The van der Waals surface area contributed by atoms with Crippen molar-refractivity contribution in [2.45, 2.75) is 34.0 Å². The summed E-state index contributed by atoms with van der Waals surface area (Å²) in [6.07, 6.45) is 3.07. The molecule has 0 bridgehead atoms.